The molecule has 7 nitrogen and oxygen atoms in total. The van der Waals surface area contributed by atoms with Gasteiger partial charge >= 0.3 is 5.97 Å². The molecule has 0 radical (unpaired) electrons. The average Bonchev–Trinajstić information content (AvgIpc) is 2.26. The Hall–Kier alpha value is -1.67. The zero-order valence-electron chi connectivity index (χ0n) is 9.08. The number of aromatic nitrogens is 1. The van der Waals surface area contributed by atoms with Crippen LogP contribution in [0.3, 0.4) is 0 Å². The van der Waals surface area contributed by atoms with Gasteiger partial charge in [-0.2, -0.15) is 0 Å². The van der Waals surface area contributed by atoms with Gasteiger partial charge in [-0.15, -0.1) is 0 Å². The van der Waals surface area contributed by atoms with Crippen LogP contribution in [0, 0.1) is 0 Å². The Morgan fingerprint density at radius 2 is 2.24 bits per heavy atom. The Morgan fingerprint density at radius 3 is 2.82 bits per heavy atom. The van der Waals surface area contributed by atoms with E-state index in [4.69, 9.17) is 5.11 Å². The fraction of sp³-hybridized carbons (Fsp3) is 0.333. The Bertz CT molecular complexity index is 500. The van der Waals surface area contributed by atoms with Gasteiger partial charge in [-0.25, -0.2) is 13.2 Å². The largest absolute Gasteiger partial charge is 0.478 e. The van der Waals surface area contributed by atoms with Gasteiger partial charge in [-0.1, -0.05) is 0 Å². The van der Waals surface area contributed by atoms with Crippen LogP contribution in [-0.2, 0) is 14.8 Å². The van der Waals surface area contributed by atoms with Crippen LogP contribution in [0.4, 0.5) is 5.69 Å². The highest BCUT2D eigenvalue weighted by Gasteiger charge is 2.11. The second-order valence-electron chi connectivity index (χ2n) is 3.18. The lowest BCUT2D eigenvalue weighted by atomic mass is 10.3. The molecule has 0 aliphatic heterocycles. The van der Waals surface area contributed by atoms with Crippen LogP contribution in [0.5, 0.6) is 0 Å². The van der Waals surface area contributed by atoms with Crippen molar-refractivity contribution in [1.29, 1.82) is 0 Å². The zero-order chi connectivity index (χ0) is 12.9. The SMILES string of the molecule is COCCS(=O)(=O)Nc1cncc(C(=O)O)c1. The number of nitrogens with one attached hydrogen (secondary N) is 1. The van der Waals surface area contributed by atoms with E-state index in [1.807, 2.05) is 0 Å². The molecule has 0 unspecified atom stereocenters. The van der Waals surface area contributed by atoms with E-state index in [1.165, 1.54) is 19.4 Å². The molecule has 8 heteroatoms. The highest BCUT2D eigenvalue weighted by molar-refractivity contribution is 7.92. The number of pyridine rings is 1. The minimum Gasteiger partial charge on any atom is -0.478 e. The molecular formula is C9H12N2O5S. The Balaban J connectivity index is 2.81. The van der Waals surface area contributed by atoms with Crippen molar-refractivity contribution in [3.8, 4) is 0 Å². The molecule has 94 valence electrons. The van der Waals surface area contributed by atoms with Crippen molar-refractivity contribution in [3.63, 3.8) is 0 Å². The van der Waals surface area contributed by atoms with Crippen LogP contribution in [-0.4, -0.2) is 43.9 Å². The normalized spacial score (nSPS) is 11.1. The molecule has 0 fully saturated rings. The van der Waals surface area contributed by atoms with Crippen molar-refractivity contribution >= 4 is 21.7 Å². The molecule has 1 aromatic rings. The number of hydrogen-bond donors (Lipinski definition) is 2. The first-order valence-corrected chi connectivity index (χ1v) is 6.27. The highest BCUT2D eigenvalue weighted by atomic mass is 32.2. The lowest BCUT2D eigenvalue weighted by Crippen LogP contribution is -2.20. The van der Waals surface area contributed by atoms with E-state index in [-0.39, 0.29) is 23.6 Å². The molecule has 2 N–H and O–H groups in total. The zero-order valence-corrected chi connectivity index (χ0v) is 9.90. The third kappa shape index (κ3) is 4.37. The first-order chi connectivity index (χ1) is 7.94. The average molecular weight is 260 g/mol. The molecule has 1 rings (SSSR count). The molecule has 1 heterocycles. The van der Waals surface area contributed by atoms with Gasteiger partial charge in [0.05, 0.1) is 29.8 Å². The van der Waals surface area contributed by atoms with Gasteiger partial charge in [0.15, 0.2) is 0 Å². The predicted molar refractivity (Wildman–Crippen MR) is 60.5 cm³/mol. The number of rotatable bonds is 6. The second kappa shape index (κ2) is 5.60. The van der Waals surface area contributed by atoms with Crippen molar-refractivity contribution in [2.75, 3.05) is 24.2 Å². The molecular weight excluding hydrogens is 248 g/mol. The Kier molecular flexibility index (Phi) is 4.41. The number of ether oxygens (including phenoxy) is 1. The summed E-state index contributed by atoms with van der Waals surface area (Å²) in [5.74, 6) is -1.38. The lowest BCUT2D eigenvalue weighted by molar-refractivity contribution is 0.0696. The molecule has 0 saturated heterocycles. The Morgan fingerprint density at radius 1 is 1.53 bits per heavy atom. The molecule has 0 spiro atoms. The van der Waals surface area contributed by atoms with Crippen LogP contribution < -0.4 is 4.72 Å². The van der Waals surface area contributed by atoms with E-state index >= 15 is 0 Å². The number of carboxylic acid groups (broad SMARTS) is 1. The third-order valence-corrected chi connectivity index (χ3v) is 3.07. The number of nitrogens with zero attached hydrogens (tertiary/aromatic N) is 1. The maximum absolute atomic E-state index is 11.5. The van der Waals surface area contributed by atoms with Crippen LogP contribution >= 0.6 is 0 Å². The number of methoxy groups -OCH3 is 1. The second-order valence-corrected chi connectivity index (χ2v) is 5.02. The predicted octanol–water partition coefficient (Wildman–Crippen LogP) is 0.168. The summed E-state index contributed by atoms with van der Waals surface area (Å²) in [4.78, 5) is 14.3. The molecule has 0 amide bonds. The molecule has 0 aromatic carbocycles. The lowest BCUT2D eigenvalue weighted by Gasteiger charge is -2.07. The summed E-state index contributed by atoms with van der Waals surface area (Å²) >= 11 is 0. The van der Waals surface area contributed by atoms with E-state index < -0.39 is 16.0 Å². The van der Waals surface area contributed by atoms with E-state index in [0.29, 0.717) is 0 Å². The molecule has 0 bridgehead atoms. The number of aromatic carboxylic acids is 1. The van der Waals surface area contributed by atoms with Crippen molar-refractivity contribution in [2.24, 2.45) is 0 Å². The van der Waals surface area contributed by atoms with Gasteiger partial charge < -0.3 is 9.84 Å². The summed E-state index contributed by atoms with van der Waals surface area (Å²) < 4.78 is 29.8. The van der Waals surface area contributed by atoms with Crippen molar-refractivity contribution in [2.45, 2.75) is 0 Å². The van der Waals surface area contributed by atoms with E-state index in [2.05, 4.69) is 14.4 Å². The smallest absolute Gasteiger partial charge is 0.337 e. The van der Waals surface area contributed by atoms with Gasteiger partial charge in [0.2, 0.25) is 10.0 Å². The summed E-state index contributed by atoms with van der Waals surface area (Å²) in [5.41, 5.74) is 0.0259. The Labute approximate surface area is 98.5 Å². The summed E-state index contributed by atoms with van der Waals surface area (Å²) in [7, 11) is -2.16. The summed E-state index contributed by atoms with van der Waals surface area (Å²) in [6.45, 7) is 0.0569. The topological polar surface area (TPSA) is 106 Å². The monoisotopic (exact) mass is 260 g/mol. The molecule has 17 heavy (non-hydrogen) atoms. The van der Waals surface area contributed by atoms with Gasteiger partial charge in [0, 0.05) is 13.3 Å². The van der Waals surface area contributed by atoms with E-state index in [0.717, 1.165) is 6.20 Å². The minimum atomic E-state index is -3.55. The molecule has 1 aromatic heterocycles. The maximum Gasteiger partial charge on any atom is 0.337 e. The van der Waals surface area contributed by atoms with Gasteiger partial charge in [-0.05, 0) is 6.07 Å². The maximum atomic E-state index is 11.5. The van der Waals surface area contributed by atoms with Gasteiger partial charge in [0.1, 0.15) is 0 Å². The van der Waals surface area contributed by atoms with E-state index in [1.54, 1.807) is 0 Å². The molecule has 0 aliphatic carbocycles. The number of hydrogen-bond acceptors (Lipinski definition) is 5. The summed E-state index contributed by atoms with van der Waals surface area (Å²) in [6, 6.07) is 1.19. The molecule has 0 saturated carbocycles. The van der Waals surface area contributed by atoms with E-state index in [9.17, 15) is 13.2 Å². The first-order valence-electron chi connectivity index (χ1n) is 4.62. The highest BCUT2D eigenvalue weighted by Crippen LogP contribution is 2.10. The minimum absolute atomic E-state index is 0.0569. The fourth-order valence-corrected chi connectivity index (χ4v) is 2.00. The summed E-state index contributed by atoms with van der Waals surface area (Å²) in [6.07, 6.45) is 2.37. The first kappa shape index (κ1) is 13.4. The third-order valence-electron chi connectivity index (χ3n) is 1.81. The molecule has 0 aliphatic rings. The van der Waals surface area contributed by atoms with Crippen LogP contribution in [0.25, 0.3) is 0 Å². The number of carboxylic acids is 1. The standard InChI is InChI=1S/C9H12N2O5S/c1-16-2-3-17(14,15)11-8-4-7(9(12)13)5-10-6-8/h4-6,11H,2-3H2,1H3,(H,12,13). The molecule has 0 atom stereocenters. The number of sulfonamides is 1. The van der Waals surface area contributed by atoms with Crippen LogP contribution in [0.15, 0.2) is 18.5 Å². The van der Waals surface area contributed by atoms with Crippen molar-refractivity contribution in [1.82, 2.24) is 4.98 Å². The summed E-state index contributed by atoms with van der Waals surface area (Å²) in [5, 5.41) is 8.71. The quantitative estimate of drug-likeness (QED) is 0.755. The van der Waals surface area contributed by atoms with Crippen molar-refractivity contribution in [3.05, 3.63) is 24.0 Å². The number of anilines is 1. The van der Waals surface area contributed by atoms with Crippen LogP contribution in [0.2, 0.25) is 0 Å². The van der Waals surface area contributed by atoms with Gasteiger partial charge in [0.25, 0.3) is 0 Å². The fourth-order valence-electron chi connectivity index (χ4n) is 1.04. The number of carbonyl (C=O) groups is 1. The van der Waals surface area contributed by atoms with Crippen molar-refractivity contribution < 1.29 is 23.1 Å². The van der Waals surface area contributed by atoms with Crippen LogP contribution in [0.1, 0.15) is 10.4 Å². The van der Waals surface area contributed by atoms with Gasteiger partial charge in [-0.3, -0.25) is 9.71 Å².